The van der Waals surface area contributed by atoms with Gasteiger partial charge in [0.15, 0.2) is 0 Å². The van der Waals surface area contributed by atoms with Crippen LogP contribution < -0.4 is 0 Å². The molecule has 1 aromatic heterocycles. The summed E-state index contributed by atoms with van der Waals surface area (Å²) in [5.41, 5.74) is 0.286. The highest BCUT2D eigenvalue weighted by atomic mass is 79.9. The van der Waals surface area contributed by atoms with Crippen LogP contribution in [0.5, 0.6) is 0 Å². The molecular formula is C12H20BrN3O3. The SMILES string of the molecule is Cn1ncc(Br)c1CN(CCO)C(=O)OC(C)(C)C. The molecule has 0 aromatic carbocycles. The molecule has 0 aliphatic carbocycles. The Kier molecular flexibility index (Phi) is 5.37. The quantitative estimate of drug-likeness (QED) is 0.913. The number of rotatable bonds is 4. The van der Waals surface area contributed by atoms with Crippen LogP contribution in [0, 0.1) is 0 Å². The first kappa shape index (κ1) is 16.0. The molecule has 0 atom stereocenters. The number of hydrogen-bond acceptors (Lipinski definition) is 4. The highest BCUT2D eigenvalue weighted by Crippen LogP contribution is 2.18. The van der Waals surface area contributed by atoms with Gasteiger partial charge in [-0.3, -0.25) is 9.58 Å². The first-order valence-electron chi connectivity index (χ1n) is 5.99. The van der Waals surface area contributed by atoms with Gasteiger partial charge in [0, 0.05) is 13.6 Å². The van der Waals surface area contributed by atoms with Crippen LogP contribution in [0.15, 0.2) is 10.7 Å². The highest BCUT2D eigenvalue weighted by molar-refractivity contribution is 9.10. The first-order chi connectivity index (χ1) is 8.74. The molecule has 0 spiro atoms. The average molecular weight is 334 g/mol. The third kappa shape index (κ3) is 4.83. The van der Waals surface area contributed by atoms with Crippen LogP contribution >= 0.6 is 15.9 Å². The van der Waals surface area contributed by atoms with E-state index in [4.69, 9.17) is 9.84 Å². The van der Waals surface area contributed by atoms with E-state index in [1.807, 2.05) is 20.8 Å². The lowest BCUT2D eigenvalue weighted by Crippen LogP contribution is -2.38. The molecule has 1 N–H and O–H groups in total. The van der Waals surface area contributed by atoms with Gasteiger partial charge in [0.1, 0.15) is 5.60 Å². The van der Waals surface area contributed by atoms with E-state index in [9.17, 15) is 4.79 Å². The second kappa shape index (κ2) is 6.38. The summed E-state index contributed by atoms with van der Waals surface area (Å²) in [5, 5.41) is 13.2. The van der Waals surface area contributed by atoms with Crippen LogP contribution in [-0.2, 0) is 18.3 Å². The van der Waals surface area contributed by atoms with Crippen molar-refractivity contribution in [1.29, 1.82) is 0 Å². The van der Waals surface area contributed by atoms with Crippen LogP contribution in [0.4, 0.5) is 4.79 Å². The van der Waals surface area contributed by atoms with Crippen molar-refractivity contribution in [2.24, 2.45) is 7.05 Å². The minimum atomic E-state index is -0.561. The number of aliphatic hydroxyl groups is 1. The predicted molar refractivity (Wildman–Crippen MR) is 74.6 cm³/mol. The van der Waals surface area contributed by atoms with Crippen molar-refractivity contribution in [3.63, 3.8) is 0 Å². The van der Waals surface area contributed by atoms with Crippen molar-refractivity contribution >= 4 is 22.0 Å². The van der Waals surface area contributed by atoms with Crippen molar-refractivity contribution < 1.29 is 14.6 Å². The van der Waals surface area contributed by atoms with E-state index in [2.05, 4.69) is 21.0 Å². The number of halogens is 1. The lowest BCUT2D eigenvalue weighted by molar-refractivity contribution is 0.0197. The van der Waals surface area contributed by atoms with Crippen LogP contribution in [0.25, 0.3) is 0 Å². The van der Waals surface area contributed by atoms with Crippen molar-refractivity contribution in [2.75, 3.05) is 13.2 Å². The van der Waals surface area contributed by atoms with Crippen molar-refractivity contribution in [3.05, 3.63) is 16.4 Å². The standard InChI is InChI=1S/C12H20BrN3O3/c1-12(2,3)19-11(18)16(5-6-17)8-10-9(13)7-14-15(10)4/h7,17H,5-6,8H2,1-4H3. The molecule has 0 aliphatic rings. The summed E-state index contributed by atoms with van der Waals surface area (Å²) >= 11 is 3.38. The average Bonchev–Trinajstić information content (AvgIpc) is 2.57. The second-order valence-corrected chi connectivity index (χ2v) is 6.04. The number of nitrogens with zero attached hydrogens (tertiary/aromatic N) is 3. The maximum atomic E-state index is 12.0. The van der Waals surface area contributed by atoms with E-state index in [0.29, 0.717) is 6.54 Å². The molecule has 108 valence electrons. The van der Waals surface area contributed by atoms with Gasteiger partial charge < -0.3 is 9.84 Å². The van der Waals surface area contributed by atoms with Crippen LogP contribution in [0.2, 0.25) is 0 Å². The number of ether oxygens (including phenoxy) is 1. The van der Waals surface area contributed by atoms with Gasteiger partial charge in [0.05, 0.1) is 29.5 Å². The van der Waals surface area contributed by atoms with Gasteiger partial charge in [-0.05, 0) is 36.7 Å². The molecule has 0 aliphatic heterocycles. The summed E-state index contributed by atoms with van der Waals surface area (Å²) < 4.78 is 7.81. The van der Waals surface area contributed by atoms with Crippen LogP contribution in [-0.4, -0.2) is 44.6 Å². The monoisotopic (exact) mass is 333 g/mol. The van der Waals surface area contributed by atoms with Gasteiger partial charge in [-0.2, -0.15) is 5.10 Å². The number of aromatic nitrogens is 2. The molecule has 0 saturated heterocycles. The smallest absolute Gasteiger partial charge is 0.410 e. The fourth-order valence-corrected chi connectivity index (χ4v) is 1.95. The number of aliphatic hydroxyl groups excluding tert-OH is 1. The fraction of sp³-hybridized carbons (Fsp3) is 0.667. The Morgan fingerprint density at radius 3 is 2.63 bits per heavy atom. The molecule has 1 heterocycles. The van der Waals surface area contributed by atoms with E-state index < -0.39 is 11.7 Å². The molecule has 7 heteroatoms. The molecule has 0 bridgehead atoms. The Hall–Kier alpha value is -1.08. The summed E-state index contributed by atoms with van der Waals surface area (Å²) in [4.78, 5) is 13.5. The summed E-state index contributed by atoms with van der Waals surface area (Å²) in [6.45, 7) is 5.85. The fourth-order valence-electron chi connectivity index (χ4n) is 1.48. The molecule has 0 saturated carbocycles. The topological polar surface area (TPSA) is 67.6 Å². The largest absolute Gasteiger partial charge is 0.444 e. The summed E-state index contributed by atoms with van der Waals surface area (Å²) in [6.07, 6.45) is 1.22. The van der Waals surface area contributed by atoms with E-state index in [-0.39, 0.29) is 13.2 Å². The Bertz CT molecular complexity index is 420. The Morgan fingerprint density at radius 1 is 1.58 bits per heavy atom. The van der Waals surface area contributed by atoms with Crippen molar-refractivity contribution in [2.45, 2.75) is 32.9 Å². The Labute approximate surface area is 121 Å². The summed E-state index contributed by atoms with van der Waals surface area (Å²) in [5.74, 6) is 0. The predicted octanol–water partition coefficient (Wildman–Crippen LogP) is 1.91. The molecule has 1 rings (SSSR count). The molecule has 19 heavy (non-hydrogen) atoms. The lowest BCUT2D eigenvalue weighted by Gasteiger charge is -2.27. The summed E-state index contributed by atoms with van der Waals surface area (Å²) in [7, 11) is 1.80. The van der Waals surface area contributed by atoms with Crippen molar-refractivity contribution in [3.8, 4) is 0 Å². The number of amides is 1. The van der Waals surface area contributed by atoms with Crippen LogP contribution in [0.1, 0.15) is 26.5 Å². The first-order valence-corrected chi connectivity index (χ1v) is 6.79. The zero-order valence-corrected chi connectivity index (χ0v) is 13.3. The van der Waals surface area contributed by atoms with E-state index in [1.54, 1.807) is 17.9 Å². The van der Waals surface area contributed by atoms with E-state index >= 15 is 0 Å². The van der Waals surface area contributed by atoms with E-state index in [0.717, 1.165) is 10.2 Å². The molecule has 1 aromatic rings. The molecule has 6 nitrogen and oxygen atoms in total. The zero-order chi connectivity index (χ0) is 14.6. The molecule has 0 fully saturated rings. The minimum Gasteiger partial charge on any atom is -0.444 e. The van der Waals surface area contributed by atoms with Gasteiger partial charge >= 0.3 is 6.09 Å². The number of hydrogen-bond donors (Lipinski definition) is 1. The normalized spacial score (nSPS) is 11.5. The number of carbonyl (C=O) groups excluding carboxylic acids is 1. The van der Waals surface area contributed by atoms with Gasteiger partial charge in [0.2, 0.25) is 0 Å². The van der Waals surface area contributed by atoms with Gasteiger partial charge in [-0.25, -0.2) is 4.79 Å². The second-order valence-electron chi connectivity index (χ2n) is 5.19. The third-order valence-corrected chi connectivity index (χ3v) is 3.04. The molecule has 1 amide bonds. The number of aryl methyl sites for hydroxylation is 1. The van der Waals surface area contributed by atoms with Crippen molar-refractivity contribution in [1.82, 2.24) is 14.7 Å². The van der Waals surface area contributed by atoms with Gasteiger partial charge in [0.25, 0.3) is 0 Å². The van der Waals surface area contributed by atoms with Crippen LogP contribution in [0.3, 0.4) is 0 Å². The maximum Gasteiger partial charge on any atom is 0.410 e. The minimum absolute atomic E-state index is 0.116. The number of carbonyl (C=O) groups is 1. The molecular weight excluding hydrogens is 314 g/mol. The highest BCUT2D eigenvalue weighted by Gasteiger charge is 2.23. The Balaban J connectivity index is 2.81. The molecule has 0 unspecified atom stereocenters. The van der Waals surface area contributed by atoms with Gasteiger partial charge in [-0.1, -0.05) is 0 Å². The molecule has 0 radical (unpaired) electrons. The van der Waals surface area contributed by atoms with Gasteiger partial charge in [-0.15, -0.1) is 0 Å². The zero-order valence-electron chi connectivity index (χ0n) is 11.7. The lowest BCUT2D eigenvalue weighted by atomic mass is 10.2. The van der Waals surface area contributed by atoms with E-state index in [1.165, 1.54) is 4.90 Å². The third-order valence-electron chi connectivity index (χ3n) is 2.37. The summed E-state index contributed by atoms with van der Waals surface area (Å²) in [6, 6.07) is 0. The Morgan fingerprint density at radius 2 is 2.21 bits per heavy atom. The maximum absolute atomic E-state index is 12.0.